The van der Waals surface area contributed by atoms with Crippen LogP contribution in [-0.4, -0.2) is 211 Å². The predicted octanol–water partition coefficient (Wildman–Crippen LogP) is 8.84. The number of esters is 1. The molecule has 0 aromatic heterocycles. The third-order valence-electron chi connectivity index (χ3n) is 21.1. The highest BCUT2D eigenvalue weighted by Crippen LogP contribution is 2.40. The molecule has 20 nitrogen and oxygen atoms in total. The maximum absolute atomic E-state index is 13.9. The Morgan fingerprint density at radius 2 is 1.24 bits per heavy atom. The summed E-state index contributed by atoms with van der Waals surface area (Å²) in [7, 11) is 0. The first kappa shape index (κ1) is 89.3. The number of hydrogen-bond donors (Lipinski definition) is 14. The Morgan fingerprint density at radius 1 is 0.594 bits per heavy atom. The van der Waals surface area contributed by atoms with Crippen LogP contribution in [0.5, 0.6) is 0 Å². The first-order valence-electron chi connectivity index (χ1n) is 37.1. The van der Waals surface area contributed by atoms with Crippen LogP contribution >= 0.6 is 0 Å². The van der Waals surface area contributed by atoms with E-state index in [1.807, 2.05) is 60.6 Å². The third kappa shape index (κ3) is 30.3. The van der Waals surface area contributed by atoms with E-state index in [2.05, 4.69) is 39.5 Å². The van der Waals surface area contributed by atoms with E-state index in [1.54, 1.807) is 32.1 Å². The molecule has 101 heavy (non-hydrogen) atoms. The number of aliphatic hydroxyl groups is 14. The molecule has 4 bridgehead atoms. The number of aliphatic hydroxyl groups excluding tert-OH is 14. The molecule has 4 heterocycles. The zero-order valence-electron chi connectivity index (χ0n) is 62.4. The molecule has 4 aliphatic heterocycles. The van der Waals surface area contributed by atoms with Crippen molar-refractivity contribution in [3.63, 3.8) is 0 Å². The summed E-state index contributed by atoms with van der Waals surface area (Å²) in [6, 6.07) is 0. The number of carbonyl (C=O) groups excluding carboxylic acids is 2. The third-order valence-corrected chi connectivity index (χ3v) is 21.1. The van der Waals surface area contributed by atoms with Gasteiger partial charge in [0, 0.05) is 25.2 Å². The van der Waals surface area contributed by atoms with Crippen LogP contribution in [0.2, 0.25) is 0 Å². The van der Waals surface area contributed by atoms with Crippen LogP contribution < -0.4 is 0 Å². The maximum Gasteiger partial charge on any atom is 0.310 e. The Kier molecular flexibility index (Phi) is 37.9. The van der Waals surface area contributed by atoms with Gasteiger partial charge in [-0.05, 0) is 188 Å². The summed E-state index contributed by atoms with van der Waals surface area (Å²) < 4.78 is 24.9. The van der Waals surface area contributed by atoms with Gasteiger partial charge in [-0.15, -0.1) is 0 Å². The van der Waals surface area contributed by atoms with Gasteiger partial charge in [-0.3, -0.25) is 9.59 Å². The molecule has 14 N–H and O–H groups in total. The summed E-state index contributed by atoms with van der Waals surface area (Å²) in [6.07, 6.45) is -2.33. The standard InChI is InChI=1S/C81H132O20/c1-45-21-24-65(87)69(91)36-49(5)29-47(3)31-61(84)22-25-72(73-44-76(94)81(16,101-73)75(93)42-54(10)53(9)39-62(85)43-58(14)82)99-77(95)38-50(6)28-46(2)27-48(4)34-67(89)59(15)68(90)35-52(8)33-66(88)56(12)41-63-23-26-71(98-63)57(13)40-60(83)19-17-18-20-64(86)55(11)30-51(7)37-74-78(96)79(97)80(100-74)70(92)32-45/h18,20,22-23,25-26,35,45-47,49,56-68,70-76,78-80,82-90,92-94,96-97H,4,6-7,9-11,17,19,21,24,27-34,36-44H2,1-3,5,8,12-16H3/t45?,46?,47?,49?,56?,57?,58?,59-,60?,61?,62?,63+,64?,65?,66?,67-,68-,70+,71+,72-,73-,74-,75?,76+,78+,79+,80-,81-/m1/s1. The van der Waals surface area contributed by atoms with E-state index in [0.29, 0.717) is 85.7 Å². The van der Waals surface area contributed by atoms with E-state index < -0.39 is 127 Å². The van der Waals surface area contributed by atoms with Crippen LogP contribution in [-0.2, 0) is 28.5 Å². The van der Waals surface area contributed by atoms with Crippen molar-refractivity contribution in [3.8, 4) is 0 Å². The van der Waals surface area contributed by atoms with Crippen LogP contribution in [0.15, 0.2) is 121 Å². The molecule has 0 radical (unpaired) electrons. The predicted molar refractivity (Wildman–Crippen MR) is 392 cm³/mol. The minimum absolute atomic E-state index is 0.00816. The number of Topliss-reactive ketones (excluding diaryl/α,β-unsaturated/α-hetero) is 1. The highest BCUT2D eigenvalue weighted by molar-refractivity contribution is 5.82. The molecule has 2 saturated heterocycles. The summed E-state index contributed by atoms with van der Waals surface area (Å²) in [5.41, 5.74) is 2.36. The number of ketones is 1. The van der Waals surface area contributed by atoms with Crippen molar-refractivity contribution in [2.45, 2.75) is 332 Å². The van der Waals surface area contributed by atoms with Crippen LogP contribution in [0.3, 0.4) is 0 Å². The number of allylic oxidation sites excluding steroid dienone is 1. The van der Waals surface area contributed by atoms with Gasteiger partial charge < -0.3 is 90.4 Å². The molecule has 576 valence electrons. The normalized spacial score (nSPS) is 39.5. The Bertz CT molecular complexity index is 2770. The quantitative estimate of drug-likeness (QED) is 0.0582. The largest absolute Gasteiger partial charge is 0.455 e. The smallest absolute Gasteiger partial charge is 0.310 e. The van der Waals surface area contributed by atoms with Crippen molar-refractivity contribution in [1.29, 1.82) is 0 Å². The molecule has 0 spiro atoms. The summed E-state index contributed by atoms with van der Waals surface area (Å²) in [4.78, 5) is 27.3. The number of rotatable bonds is 9. The highest BCUT2D eigenvalue weighted by atomic mass is 16.6. The van der Waals surface area contributed by atoms with E-state index in [4.69, 9.17) is 18.9 Å². The molecule has 14 unspecified atom stereocenters. The second kappa shape index (κ2) is 42.9. The number of hydrogen-bond acceptors (Lipinski definition) is 20. The van der Waals surface area contributed by atoms with Crippen LogP contribution in [0.25, 0.3) is 0 Å². The second-order valence-corrected chi connectivity index (χ2v) is 31.8. The van der Waals surface area contributed by atoms with Crippen molar-refractivity contribution in [2.24, 2.45) is 41.4 Å². The van der Waals surface area contributed by atoms with E-state index in [-0.39, 0.29) is 131 Å². The van der Waals surface area contributed by atoms with Crippen LogP contribution in [0, 0.1) is 41.4 Å². The van der Waals surface area contributed by atoms with Crippen molar-refractivity contribution < 1.29 is 100 Å². The molecule has 4 rings (SSSR count). The Labute approximate surface area is 603 Å². The number of fused-ring (bicyclic) bond motifs is 4. The van der Waals surface area contributed by atoms with Gasteiger partial charge in [0.25, 0.3) is 0 Å². The highest BCUT2D eigenvalue weighted by Gasteiger charge is 2.52. The number of cyclic esters (lactones) is 1. The van der Waals surface area contributed by atoms with Crippen LogP contribution in [0.1, 0.15) is 204 Å². The lowest BCUT2D eigenvalue weighted by atomic mass is 9.86. The van der Waals surface area contributed by atoms with Crippen molar-refractivity contribution in [1.82, 2.24) is 0 Å². The average Bonchev–Trinajstić information content (AvgIpc) is 1.65. The second-order valence-electron chi connectivity index (χ2n) is 31.8. The van der Waals surface area contributed by atoms with E-state index in [0.717, 1.165) is 11.1 Å². The molecule has 20 heteroatoms. The number of ether oxygens (including phenoxy) is 4. The van der Waals surface area contributed by atoms with Gasteiger partial charge in [0.1, 0.15) is 42.2 Å². The van der Waals surface area contributed by atoms with Gasteiger partial charge in [0.2, 0.25) is 0 Å². The molecular formula is C81H132O20. The minimum Gasteiger partial charge on any atom is -0.455 e. The minimum atomic E-state index is -1.59. The first-order valence-corrected chi connectivity index (χ1v) is 37.1. The van der Waals surface area contributed by atoms with Gasteiger partial charge in [-0.2, -0.15) is 0 Å². The summed E-state index contributed by atoms with van der Waals surface area (Å²) >= 11 is 0. The summed E-state index contributed by atoms with van der Waals surface area (Å²) in [5, 5.41) is 155. The number of carbonyl (C=O) groups is 2. The zero-order valence-corrected chi connectivity index (χ0v) is 62.4. The Morgan fingerprint density at radius 3 is 1.91 bits per heavy atom. The summed E-state index contributed by atoms with van der Waals surface area (Å²) in [5.74, 6) is -2.35. The SMILES string of the molecule is C=C1CC(=O)O[C@@H]([C@H]2C[C@H](O)[C@@](C)(C(O)CC(=C)C(=C)CC(O)CC(C)O)O2)C=CC(O)CC(C)CC(C)CC(=O)C(O)CCC(C)C[C@H](O)[C@H]2O[C@H](CC(=C)CC(=C)C(O)C=CCCC(O)CC(C)[C@@H]3C=C[C@@H](CC(C)C(O)CC(C)=C[C@@H](O)[C@H](C)[C@H](O)CC(=C)CC(C)C1)O3)[C@H](O)[C@@H]2O. The molecule has 0 aromatic rings. The zero-order chi connectivity index (χ0) is 75.9. The van der Waals surface area contributed by atoms with Gasteiger partial charge in [-0.1, -0.05) is 147 Å². The summed E-state index contributed by atoms with van der Waals surface area (Å²) in [6.45, 7) is 42.9. The van der Waals surface area contributed by atoms with Gasteiger partial charge in [0.15, 0.2) is 5.78 Å². The van der Waals surface area contributed by atoms with Crippen LogP contribution in [0.4, 0.5) is 0 Å². The van der Waals surface area contributed by atoms with Crippen molar-refractivity contribution in [2.75, 3.05) is 0 Å². The molecule has 28 atom stereocenters. The molecule has 0 amide bonds. The van der Waals surface area contributed by atoms with E-state index >= 15 is 0 Å². The molecule has 4 aliphatic rings. The fourth-order valence-corrected chi connectivity index (χ4v) is 14.7. The molecule has 0 aromatic carbocycles. The topological polar surface area (TPSA) is 354 Å². The maximum atomic E-state index is 13.9. The van der Waals surface area contributed by atoms with Crippen molar-refractivity contribution in [3.05, 3.63) is 121 Å². The molecular weight excluding hydrogens is 1290 g/mol. The molecule has 0 aliphatic carbocycles. The van der Waals surface area contributed by atoms with Gasteiger partial charge in [-0.25, -0.2) is 0 Å². The first-order chi connectivity index (χ1) is 47.1. The van der Waals surface area contributed by atoms with E-state index in [9.17, 15) is 81.1 Å². The fourth-order valence-electron chi connectivity index (χ4n) is 14.7. The Balaban J connectivity index is 1.48. The molecule has 0 saturated carbocycles. The molecule has 2 fully saturated rings. The Hall–Kier alpha value is -4.14. The van der Waals surface area contributed by atoms with Gasteiger partial charge in [0.05, 0.1) is 91.9 Å². The monoisotopic (exact) mass is 1420 g/mol. The van der Waals surface area contributed by atoms with Crippen molar-refractivity contribution >= 4 is 11.8 Å². The van der Waals surface area contributed by atoms with Gasteiger partial charge >= 0.3 is 5.97 Å². The lowest BCUT2D eigenvalue weighted by molar-refractivity contribution is -0.168. The lowest BCUT2D eigenvalue weighted by Crippen LogP contribution is -2.48. The van der Waals surface area contributed by atoms with E-state index in [1.165, 1.54) is 19.1 Å². The average molecular weight is 1430 g/mol. The fraction of sp³-hybridized carbons (Fsp3) is 0.728. The lowest BCUT2D eigenvalue weighted by Gasteiger charge is -2.34.